The SMILES string of the molecule is CCC1CCCCN1C(=O)Nc1ccc(C#N)cc1. The van der Waals surface area contributed by atoms with Crippen LogP contribution in [0.5, 0.6) is 0 Å². The van der Waals surface area contributed by atoms with Gasteiger partial charge in [0.25, 0.3) is 0 Å². The van der Waals surface area contributed by atoms with Gasteiger partial charge in [-0.15, -0.1) is 0 Å². The molecule has 4 heteroatoms. The van der Waals surface area contributed by atoms with Crippen molar-refractivity contribution in [1.82, 2.24) is 4.90 Å². The van der Waals surface area contributed by atoms with Crippen LogP contribution in [0.1, 0.15) is 38.2 Å². The van der Waals surface area contributed by atoms with Crippen LogP contribution in [0.4, 0.5) is 10.5 Å². The number of rotatable bonds is 2. The van der Waals surface area contributed by atoms with Gasteiger partial charge < -0.3 is 10.2 Å². The molecule has 0 aromatic heterocycles. The number of carbonyl (C=O) groups is 1. The summed E-state index contributed by atoms with van der Waals surface area (Å²) in [5.41, 5.74) is 1.34. The van der Waals surface area contributed by atoms with E-state index in [0.717, 1.165) is 31.5 Å². The standard InChI is InChI=1S/C15H19N3O/c1-2-14-5-3-4-10-18(14)15(19)17-13-8-6-12(11-16)7-9-13/h6-9,14H,2-5,10H2,1H3,(H,17,19). The first-order valence-corrected chi connectivity index (χ1v) is 6.82. The molecular weight excluding hydrogens is 238 g/mol. The molecular formula is C15H19N3O. The molecule has 0 saturated carbocycles. The molecule has 1 fully saturated rings. The van der Waals surface area contributed by atoms with Crippen LogP contribution >= 0.6 is 0 Å². The highest BCUT2D eigenvalue weighted by molar-refractivity contribution is 5.89. The summed E-state index contributed by atoms with van der Waals surface area (Å²) in [5.74, 6) is 0. The van der Waals surface area contributed by atoms with Gasteiger partial charge in [0.2, 0.25) is 0 Å². The van der Waals surface area contributed by atoms with Gasteiger partial charge in [-0.25, -0.2) is 4.79 Å². The van der Waals surface area contributed by atoms with Crippen LogP contribution in [0, 0.1) is 11.3 Å². The third kappa shape index (κ3) is 3.25. The molecule has 1 unspecified atom stereocenters. The Bertz CT molecular complexity index is 475. The highest BCUT2D eigenvalue weighted by Gasteiger charge is 2.25. The molecule has 2 amide bonds. The zero-order chi connectivity index (χ0) is 13.7. The van der Waals surface area contributed by atoms with E-state index in [-0.39, 0.29) is 6.03 Å². The number of amides is 2. The Labute approximate surface area is 114 Å². The van der Waals surface area contributed by atoms with Gasteiger partial charge >= 0.3 is 6.03 Å². The van der Waals surface area contributed by atoms with Crippen molar-refractivity contribution in [2.45, 2.75) is 38.6 Å². The zero-order valence-corrected chi connectivity index (χ0v) is 11.2. The summed E-state index contributed by atoms with van der Waals surface area (Å²) >= 11 is 0. The van der Waals surface area contributed by atoms with Gasteiger partial charge in [0.15, 0.2) is 0 Å². The lowest BCUT2D eigenvalue weighted by Gasteiger charge is -2.35. The molecule has 1 aliphatic heterocycles. The van der Waals surface area contributed by atoms with Crippen LogP contribution in [0.3, 0.4) is 0 Å². The quantitative estimate of drug-likeness (QED) is 0.883. The number of nitriles is 1. The number of nitrogens with zero attached hydrogens (tertiary/aromatic N) is 2. The largest absolute Gasteiger partial charge is 0.322 e. The van der Waals surface area contributed by atoms with Crippen molar-refractivity contribution in [3.63, 3.8) is 0 Å². The van der Waals surface area contributed by atoms with E-state index in [1.807, 2.05) is 4.90 Å². The summed E-state index contributed by atoms with van der Waals surface area (Å²) < 4.78 is 0. The van der Waals surface area contributed by atoms with Crippen molar-refractivity contribution in [2.75, 3.05) is 11.9 Å². The maximum atomic E-state index is 12.2. The van der Waals surface area contributed by atoms with Crippen molar-refractivity contribution in [3.05, 3.63) is 29.8 Å². The zero-order valence-electron chi connectivity index (χ0n) is 11.2. The molecule has 1 aliphatic rings. The molecule has 1 heterocycles. The van der Waals surface area contributed by atoms with Crippen molar-refractivity contribution < 1.29 is 4.79 Å². The Morgan fingerprint density at radius 3 is 2.79 bits per heavy atom. The van der Waals surface area contributed by atoms with Crippen molar-refractivity contribution >= 4 is 11.7 Å². The topological polar surface area (TPSA) is 56.1 Å². The number of likely N-dealkylation sites (tertiary alicyclic amines) is 1. The number of hydrogen-bond donors (Lipinski definition) is 1. The molecule has 1 N–H and O–H groups in total. The number of carbonyl (C=O) groups excluding carboxylic acids is 1. The first-order chi connectivity index (χ1) is 9.24. The van der Waals surface area contributed by atoms with Gasteiger partial charge in [0.05, 0.1) is 11.6 Å². The summed E-state index contributed by atoms with van der Waals surface area (Å²) in [5, 5.41) is 11.6. The maximum Gasteiger partial charge on any atom is 0.322 e. The number of nitrogens with one attached hydrogen (secondary N) is 1. The van der Waals surface area contributed by atoms with Gasteiger partial charge in [-0.1, -0.05) is 6.92 Å². The van der Waals surface area contributed by atoms with E-state index in [2.05, 4.69) is 18.3 Å². The van der Waals surface area contributed by atoms with Crippen molar-refractivity contribution in [2.24, 2.45) is 0 Å². The van der Waals surface area contributed by atoms with Crippen LogP contribution in [0.15, 0.2) is 24.3 Å². The molecule has 0 radical (unpaired) electrons. The maximum absolute atomic E-state index is 12.2. The average Bonchev–Trinajstić information content (AvgIpc) is 2.48. The minimum atomic E-state index is -0.0312. The summed E-state index contributed by atoms with van der Waals surface area (Å²) in [6.45, 7) is 2.96. The Balaban J connectivity index is 2.01. The lowest BCUT2D eigenvalue weighted by molar-refractivity contribution is 0.160. The van der Waals surface area contributed by atoms with Crippen LogP contribution in [0.25, 0.3) is 0 Å². The molecule has 0 aliphatic carbocycles. The van der Waals surface area contributed by atoms with E-state index in [4.69, 9.17) is 5.26 Å². The summed E-state index contributed by atoms with van der Waals surface area (Å²) in [6, 6.07) is 9.34. The molecule has 2 rings (SSSR count). The van der Waals surface area contributed by atoms with Crippen LogP contribution < -0.4 is 5.32 Å². The number of piperidine rings is 1. The molecule has 0 spiro atoms. The van der Waals surface area contributed by atoms with Gasteiger partial charge in [0, 0.05) is 18.3 Å². The van der Waals surface area contributed by atoms with Crippen molar-refractivity contribution in [3.8, 4) is 6.07 Å². The second-order valence-corrected chi connectivity index (χ2v) is 4.87. The minimum Gasteiger partial charge on any atom is -0.322 e. The normalized spacial score (nSPS) is 18.7. The molecule has 4 nitrogen and oxygen atoms in total. The monoisotopic (exact) mass is 257 g/mol. The smallest absolute Gasteiger partial charge is 0.322 e. The van der Waals surface area contributed by atoms with E-state index < -0.39 is 0 Å². The second-order valence-electron chi connectivity index (χ2n) is 4.87. The van der Waals surface area contributed by atoms with Gasteiger partial charge in [-0.2, -0.15) is 5.26 Å². The van der Waals surface area contributed by atoms with Crippen LogP contribution in [-0.2, 0) is 0 Å². The fourth-order valence-corrected chi connectivity index (χ4v) is 2.52. The summed E-state index contributed by atoms with van der Waals surface area (Å²) in [6.07, 6.45) is 4.38. The molecule has 1 saturated heterocycles. The molecule has 1 aromatic carbocycles. The Kier molecular flexibility index (Phi) is 4.40. The molecule has 100 valence electrons. The van der Waals surface area contributed by atoms with Gasteiger partial charge in [0.1, 0.15) is 0 Å². The first-order valence-electron chi connectivity index (χ1n) is 6.82. The van der Waals surface area contributed by atoms with Gasteiger partial charge in [-0.3, -0.25) is 0 Å². The lowest BCUT2D eigenvalue weighted by Crippen LogP contribution is -2.45. The summed E-state index contributed by atoms with van der Waals surface area (Å²) in [7, 11) is 0. The first kappa shape index (κ1) is 13.4. The van der Waals surface area contributed by atoms with E-state index >= 15 is 0 Å². The van der Waals surface area contributed by atoms with E-state index in [1.54, 1.807) is 24.3 Å². The average molecular weight is 257 g/mol. The lowest BCUT2D eigenvalue weighted by atomic mass is 10.0. The highest BCUT2D eigenvalue weighted by atomic mass is 16.2. The predicted molar refractivity (Wildman–Crippen MR) is 74.8 cm³/mol. The Morgan fingerprint density at radius 2 is 2.16 bits per heavy atom. The second kappa shape index (κ2) is 6.24. The fraction of sp³-hybridized carbons (Fsp3) is 0.467. The fourth-order valence-electron chi connectivity index (χ4n) is 2.52. The molecule has 19 heavy (non-hydrogen) atoms. The number of anilines is 1. The third-order valence-electron chi connectivity index (χ3n) is 3.62. The number of benzene rings is 1. The van der Waals surface area contributed by atoms with Crippen molar-refractivity contribution in [1.29, 1.82) is 5.26 Å². The molecule has 1 atom stereocenters. The van der Waals surface area contributed by atoms with E-state index in [9.17, 15) is 4.79 Å². The Morgan fingerprint density at radius 1 is 1.42 bits per heavy atom. The third-order valence-corrected chi connectivity index (χ3v) is 3.62. The van der Waals surface area contributed by atoms with Crippen LogP contribution in [-0.4, -0.2) is 23.5 Å². The number of urea groups is 1. The minimum absolute atomic E-state index is 0.0312. The van der Waals surface area contributed by atoms with Gasteiger partial charge in [-0.05, 0) is 49.9 Å². The predicted octanol–water partition coefficient (Wildman–Crippen LogP) is 3.35. The van der Waals surface area contributed by atoms with E-state index in [0.29, 0.717) is 11.6 Å². The molecule has 0 bridgehead atoms. The number of hydrogen-bond acceptors (Lipinski definition) is 2. The highest BCUT2D eigenvalue weighted by Crippen LogP contribution is 2.20. The Hall–Kier alpha value is -2.02. The molecule has 1 aromatic rings. The summed E-state index contributed by atoms with van der Waals surface area (Å²) in [4.78, 5) is 14.2. The van der Waals surface area contributed by atoms with E-state index in [1.165, 1.54) is 6.42 Å². The van der Waals surface area contributed by atoms with Crippen LogP contribution in [0.2, 0.25) is 0 Å².